The summed E-state index contributed by atoms with van der Waals surface area (Å²) in [7, 11) is 0. The number of nitrogens with one attached hydrogen (secondary N) is 3. The van der Waals surface area contributed by atoms with E-state index in [1.54, 1.807) is 12.1 Å². The fraction of sp³-hybridized carbons (Fsp3) is 0.526. The van der Waals surface area contributed by atoms with Gasteiger partial charge in [0.15, 0.2) is 12.1 Å². The Bertz CT molecular complexity index is 722. The monoisotopic (exact) mass is 389 g/mol. The molecule has 0 unspecified atom stereocenters. The molecule has 1 aromatic carbocycles. The lowest BCUT2D eigenvalue weighted by Gasteiger charge is -2.35. The van der Waals surface area contributed by atoms with Crippen molar-refractivity contribution in [2.24, 2.45) is 4.99 Å². The fourth-order valence-electron chi connectivity index (χ4n) is 3.35. The second-order valence-corrected chi connectivity index (χ2v) is 7.05. The van der Waals surface area contributed by atoms with Crippen LogP contribution in [-0.2, 0) is 4.79 Å². The number of carboxylic acids is 1. The number of carbonyl (C=O) groups excluding carboxylic acids is 1. The van der Waals surface area contributed by atoms with E-state index in [9.17, 15) is 14.7 Å². The summed E-state index contributed by atoms with van der Waals surface area (Å²) in [6, 6.07) is 7.52. The molecule has 0 saturated carbocycles. The molecule has 0 aromatic heterocycles. The molecule has 1 aromatic rings. The minimum absolute atomic E-state index is 0.318. The van der Waals surface area contributed by atoms with Crippen LogP contribution >= 0.6 is 0 Å². The van der Waals surface area contributed by atoms with Gasteiger partial charge in [-0.05, 0) is 43.5 Å². The van der Waals surface area contributed by atoms with Crippen molar-refractivity contribution in [2.45, 2.75) is 31.4 Å². The molecular formula is C19H27N5O4. The van der Waals surface area contributed by atoms with Crippen molar-refractivity contribution in [3.05, 3.63) is 29.8 Å². The molecule has 5 N–H and O–H groups in total. The molecule has 1 fully saturated rings. The second-order valence-electron chi connectivity index (χ2n) is 7.05. The number of amides is 1. The number of anilines is 1. The van der Waals surface area contributed by atoms with E-state index in [4.69, 9.17) is 5.11 Å². The average molecular weight is 389 g/mol. The smallest absolute Gasteiger partial charge is 0.334 e. The van der Waals surface area contributed by atoms with E-state index < -0.39 is 18.0 Å². The van der Waals surface area contributed by atoms with Crippen LogP contribution < -0.4 is 20.9 Å². The maximum absolute atomic E-state index is 12.1. The number of rotatable bonds is 6. The number of carbonyl (C=O) groups is 2. The predicted octanol–water partition coefficient (Wildman–Crippen LogP) is -0.230. The zero-order valence-electron chi connectivity index (χ0n) is 15.7. The molecule has 3 rings (SSSR count). The lowest BCUT2D eigenvalue weighted by molar-refractivity contribution is -0.146. The van der Waals surface area contributed by atoms with Crippen LogP contribution in [0.25, 0.3) is 0 Å². The molecule has 2 heterocycles. The number of aliphatic imine (C=N–C) groups is 1. The van der Waals surface area contributed by atoms with Crippen LogP contribution in [0.2, 0.25) is 0 Å². The average Bonchev–Trinajstić information content (AvgIpc) is 2.72. The third-order valence-electron chi connectivity index (χ3n) is 4.90. The number of aliphatic hydroxyl groups is 1. The molecule has 28 heavy (non-hydrogen) atoms. The van der Waals surface area contributed by atoms with Crippen molar-refractivity contribution in [3.63, 3.8) is 0 Å². The summed E-state index contributed by atoms with van der Waals surface area (Å²) < 4.78 is 0. The van der Waals surface area contributed by atoms with Gasteiger partial charge in [0.2, 0.25) is 0 Å². The third-order valence-corrected chi connectivity index (χ3v) is 4.90. The largest absolute Gasteiger partial charge is 0.479 e. The normalized spacial score (nSPS) is 20.5. The Hall–Kier alpha value is -2.81. The van der Waals surface area contributed by atoms with E-state index >= 15 is 0 Å². The van der Waals surface area contributed by atoms with Gasteiger partial charge in [0.05, 0.1) is 6.54 Å². The highest BCUT2D eigenvalue weighted by Gasteiger charge is 2.22. The zero-order valence-corrected chi connectivity index (χ0v) is 15.7. The summed E-state index contributed by atoms with van der Waals surface area (Å²) in [4.78, 5) is 29.4. The number of aliphatic carboxylic acids is 1. The van der Waals surface area contributed by atoms with Gasteiger partial charge < -0.3 is 31.1 Å². The van der Waals surface area contributed by atoms with E-state index in [-0.39, 0.29) is 6.54 Å². The van der Waals surface area contributed by atoms with Crippen LogP contribution in [0.5, 0.6) is 0 Å². The molecule has 9 heteroatoms. The Labute approximate surface area is 163 Å². The highest BCUT2D eigenvalue weighted by atomic mass is 16.4. The Kier molecular flexibility index (Phi) is 6.70. The molecule has 2 aliphatic heterocycles. The Balaban J connectivity index is 1.54. The van der Waals surface area contributed by atoms with Crippen LogP contribution in [0.3, 0.4) is 0 Å². The first-order valence-electron chi connectivity index (χ1n) is 9.62. The zero-order chi connectivity index (χ0) is 19.9. The number of aliphatic hydroxyl groups excluding tert-OH is 1. The minimum atomic E-state index is -1.61. The topological polar surface area (TPSA) is 126 Å². The van der Waals surface area contributed by atoms with Gasteiger partial charge in [-0.3, -0.25) is 9.79 Å². The second kappa shape index (κ2) is 9.41. The van der Waals surface area contributed by atoms with Gasteiger partial charge in [-0.25, -0.2) is 4.79 Å². The lowest BCUT2D eigenvalue weighted by Crippen LogP contribution is -2.52. The van der Waals surface area contributed by atoms with Crippen LogP contribution in [0.15, 0.2) is 29.3 Å². The first-order valence-corrected chi connectivity index (χ1v) is 9.62. The minimum Gasteiger partial charge on any atom is -0.479 e. The number of nitrogens with zero attached hydrogens (tertiary/aromatic N) is 2. The van der Waals surface area contributed by atoms with Crippen LogP contribution in [0, 0.1) is 0 Å². The van der Waals surface area contributed by atoms with Gasteiger partial charge >= 0.3 is 5.97 Å². The predicted molar refractivity (Wildman–Crippen MR) is 106 cm³/mol. The summed E-state index contributed by atoms with van der Waals surface area (Å²) in [6.07, 6.45) is 1.62. The molecule has 2 aliphatic rings. The van der Waals surface area contributed by atoms with E-state index in [0.29, 0.717) is 11.6 Å². The SMILES string of the molecule is O=C(NC[C@H](O)C(=O)O)c1ccc(N2CCC[C@H](NC3=NCCCN3)C2)cc1. The first-order chi connectivity index (χ1) is 13.5. The fourth-order valence-corrected chi connectivity index (χ4v) is 3.35. The van der Waals surface area contributed by atoms with Gasteiger partial charge in [0.25, 0.3) is 5.91 Å². The maximum atomic E-state index is 12.1. The summed E-state index contributed by atoms with van der Waals surface area (Å²) in [5.74, 6) is -0.890. The van der Waals surface area contributed by atoms with Gasteiger partial charge in [-0.1, -0.05) is 0 Å². The number of hydrogen-bond donors (Lipinski definition) is 5. The Morgan fingerprint density at radius 2 is 2.07 bits per heavy atom. The lowest BCUT2D eigenvalue weighted by atomic mass is 10.0. The van der Waals surface area contributed by atoms with Crippen molar-refractivity contribution < 1.29 is 19.8 Å². The number of guanidine groups is 1. The van der Waals surface area contributed by atoms with Crippen molar-refractivity contribution in [1.29, 1.82) is 0 Å². The number of carboxylic acid groups (broad SMARTS) is 1. The van der Waals surface area contributed by atoms with E-state index in [1.165, 1.54) is 0 Å². The summed E-state index contributed by atoms with van der Waals surface area (Å²) >= 11 is 0. The Morgan fingerprint density at radius 1 is 1.29 bits per heavy atom. The van der Waals surface area contributed by atoms with Crippen molar-refractivity contribution >= 4 is 23.5 Å². The number of hydrogen-bond acceptors (Lipinski definition) is 7. The Morgan fingerprint density at radius 3 is 2.75 bits per heavy atom. The number of piperidine rings is 1. The van der Waals surface area contributed by atoms with Crippen molar-refractivity contribution in [2.75, 3.05) is 37.6 Å². The van der Waals surface area contributed by atoms with Gasteiger partial charge in [0.1, 0.15) is 0 Å². The van der Waals surface area contributed by atoms with Crippen LogP contribution in [-0.4, -0.2) is 72.9 Å². The number of benzene rings is 1. The molecule has 9 nitrogen and oxygen atoms in total. The van der Waals surface area contributed by atoms with Crippen molar-refractivity contribution in [3.8, 4) is 0 Å². The quantitative estimate of drug-likeness (QED) is 0.455. The highest BCUT2D eigenvalue weighted by molar-refractivity contribution is 5.94. The third kappa shape index (κ3) is 5.35. The van der Waals surface area contributed by atoms with Crippen LogP contribution in [0.4, 0.5) is 5.69 Å². The molecule has 2 atom stereocenters. The van der Waals surface area contributed by atoms with Crippen molar-refractivity contribution in [1.82, 2.24) is 16.0 Å². The molecule has 1 amide bonds. The molecule has 152 valence electrons. The first kappa shape index (κ1) is 19.9. The molecule has 0 aliphatic carbocycles. The van der Waals surface area contributed by atoms with Gasteiger partial charge in [0, 0.05) is 43.5 Å². The van der Waals surface area contributed by atoms with E-state index in [0.717, 1.165) is 57.1 Å². The molecule has 0 spiro atoms. The summed E-state index contributed by atoms with van der Waals surface area (Å²) in [6.45, 7) is 3.30. The highest BCUT2D eigenvalue weighted by Crippen LogP contribution is 2.20. The maximum Gasteiger partial charge on any atom is 0.334 e. The summed E-state index contributed by atoms with van der Waals surface area (Å²) in [5, 5.41) is 27.1. The van der Waals surface area contributed by atoms with E-state index in [1.807, 2.05) is 12.1 Å². The molecular weight excluding hydrogens is 362 g/mol. The summed E-state index contributed by atoms with van der Waals surface area (Å²) in [5.41, 5.74) is 1.46. The molecule has 0 bridgehead atoms. The van der Waals surface area contributed by atoms with Crippen LogP contribution in [0.1, 0.15) is 29.6 Å². The molecule has 0 radical (unpaired) electrons. The van der Waals surface area contributed by atoms with Gasteiger partial charge in [-0.2, -0.15) is 0 Å². The van der Waals surface area contributed by atoms with E-state index in [2.05, 4.69) is 25.8 Å². The standard InChI is InChI=1S/C19H27N5O4/c25-16(18(27)28)11-22-17(26)13-4-6-15(7-5-13)24-10-1-3-14(12-24)23-19-20-8-2-9-21-19/h4-7,14,16,25H,1-3,8-12H2,(H,22,26)(H,27,28)(H2,20,21,23)/t14-,16-/m0/s1. The van der Waals surface area contributed by atoms with Gasteiger partial charge in [-0.15, -0.1) is 0 Å². The molecule has 1 saturated heterocycles.